The predicted molar refractivity (Wildman–Crippen MR) is 156 cm³/mol. The molecular formula is C27H40N4O6SSi. The minimum atomic E-state index is -3.63. The summed E-state index contributed by atoms with van der Waals surface area (Å²) >= 11 is 0. The predicted octanol–water partition coefficient (Wildman–Crippen LogP) is 4.71. The first-order valence-electron chi connectivity index (χ1n) is 13.0. The second-order valence-corrected chi connectivity index (χ2v) is 19.5. The molecule has 2 amide bonds. The fourth-order valence-electron chi connectivity index (χ4n) is 4.53. The number of anilines is 2. The molecule has 12 heteroatoms. The zero-order valence-corrected chi connectivity index (χ0v) is 25.7. The quantitative estimate of drug-likeness (QED) is 0.247. The summed E-state index contributed by atoms with van der Waals surface area (Å²) in [6.45, 7) is 12.7. The van der Waals surface area contributed by atoms with E-state index in [2.05, 4.69) is 24.6 Å². The van der Waals surface area contributed by atoms with Gasteiger partial charge in [0.05, 0.1) is 11.9 Å². The third kappa shape index (κ3) is 7.58. The van der Waals surface area contributed by atoms with E-state index in [-0.39, 0.29) is 12.6 Å². The molecule has 1 N–H and O–H groups in total. The molecule has 10 nitrogen and oxygen atoms in total. The minimum Gasteiger partial charge on any atom is -0.465 e. The maximum atomic E-state index is 13.2. The van der Waals surface area contributed by atoms with Crippen molar-refractivity contribution in [2.24, 2.45) is 0 Å². The Hall–Kier alpha value is -2.96. The van der Waals surface area contributed by atoms with Gasteiger partial charge in [-0.05, 0) is 51.4 Å². The van der Waals surface area contributed by atoms with E-state index >= 15 is 0 Å². The van der Waals surface area contributed by atoms with Gasteiger partial charge in [-0.1, -0.05) is 37.8 Å². The number of amides is 2. The van der Waals surface area contributed by atoms with E-state index in [0.717, 1.165) is 12.3 Å². The van der Waals surface area contributed by atoms with Crippen molar-refractivity contribution < 1.29 is 27.9 Å². The number of carbonyl (C=O) groups is 2. The summed E-state index contributed by atoms with van der Waals surface area (Å²) in [5.41, 5.74) is 1.08. The first kappa shape index (κ1) is 30.6. The van der Waals surface area contributed by atoms with Crippen molar-refractivity contribution in [3.63, 3.8) is 0 Å². The number of sulfonamides is 1. The van der Waals surface area contributed by atoms with Crippen LogP contribution in [0.1, 0.15) is 27.2 Å². The molecule has 1 aromatic carbocycles. The summed E-state index contributed by atoms with van der Waals surface area (Å²) in [7, 11) is -4.96. The van der Waals surface area contributed by atoms with Gasteiger partial charge in [0.2, 0.25) is 10.0 Å². The van der Waals surface area contributed by atoms with Crippen molar-refractivity contribution in [1.29, 1.82) is 0 Å². The van der Waals surface area contributed by atoms with Crippen molar-refractivity contribution in [3.05, 3.63) is 42.6 Å². The van der Waals surface area contributed by atoms with E-state index in [1.165, 1.54) is 14.1 Å². The van der Waals surface area contributed by atoms with Gasteiger partial charge in [-0.2, -0.15) is 0 Å². The van der Waals surface area contributed by atoms with Crippen LogP contribution in [0.4, 0.5) is 16.3 Å². The molecule has 0 bridgehead atoms. The van der Waals surface area contributed by atoms with E-state index in [1.807, 2.05) is 12.1 Å². The number of ether oxygens (including phenoxy) is 1. The molecule has 3 rings (SSSR count). The fourth-order valence-corrected chi connectivity index (χ4v) is 6.07. The lowest BCUT2D eigenvalue weighted by atomic mass is 10.0. The van der Waals surface area contributed by atoms with Crippen LogP contribution >= 0.6 is 0 Å². The Morgan fingerprint density at radius 1 is 1.18 bits per heavy atom. The maximum Gasteiger partial charge on any atom is 0.408 e. The molecule has 1 fully saturated rings. The van der Waals surface area contributed by atoms with Crippen molar-refractivity contribution in [2.45, 2.75) is 64.5 Å². The summed E-state index contributed by atoms with van der Waals surface area (Å²) in [4.78, 5) is 32.3. The highest BCUT2D eigenvalue weighted by Crippen LogP contribution is 2.34. The van der Waals surface area contributed by atoms with Crippen LogP contribution in [0.2, 0.25) is 25.7 Å². The van der Waals surface area contributed by atoms with Gasteiger partial charge in [0.25, 0.3) is 5.91 Å². The number of hydrogen-bond donors (Lipinski definition) is 1. The summed E-state index contributed by atoms with van der Waals surface area (Å²) in [6, 6.07) is 10.8. The Morgan fingerprint density at radius 3 is 2.38 bits per heavy atom. The minimum absolute atomic E-state index is 0.0939. The van der Waals surface area contributed by atoms with E-state index in [4.69, 9.17) is 4.74 Å². The standard InChI is InChI=1S/C27H40N4O6SSi/c1-27(2,3)31(26(33)34)23-14-15-29(25(23)32)24-13-12-20(18-28-24)21-10-8-9-11-22(21)30(38(4,35)36)19-37-16-17-39(5,6)7/h8-13,18,23H,14-17,19H2,1-7H3,(H,33,34)/t23-/m0/s1. The SMILES string of the molecule is CC(C)(C)N(C(=O)O)[C@H]1CCN(c2ccc(-c3ccccc3N(COCC[Si](C)(C)C)S(C)(=O)=O)cn2)C1=O. The molecule has 0 unspecified atom stereocenters. The highest BCUT2D eigenvalue weighted by atomic mass is 32.2. The summed E-state index contributed by atoms with van der Waals surface area (Å²) < 4.78 is 32.5. The van der Waals surface area contributed by atoms with Crippen molar-refractivity contribution in [2.75, 3.05) is 35.3 Å². The number of carboxylic acid groups (broad SMARTS) is 1. The fraction of sp³-hybridized carbons (Fsp3) is 0.519. The number of hydrogen-bond acceptors (Lipinski definition) is 6. The molecule has 0 saturated carbocycles. The van der Waals surface area contributed by atoms with Gasteiger partial charge in [-0.3, -0.25) is 14.6 Å². The molecule has 1 aliphatic rings. The average Bonchev–Trinajstić information content (AvgIpc) is 3.17. The Balaban J connectivity index is 1.85. The van der Waals surface area contributed by atoms with Gasteiger partial charge in [0.15, 0.2) is 0 Å². The lowest BCUT2D eigenvalue weighted by Crippen LogP contribution is -2.54. The number of pyridine rings is 1. The van der Waals surface area contributed by atoms with Crippen molar-refractivity contribution in [1.82, 2.24) is 9.88 Å². The largest absolute Gasteiger partial charge is 0.465 e. The summed E-state index contributed by atoms with van der Waals surface area (Å²) in [6.07, 6.45) is 1.98. The molecule has 0 radical (unpaired) electrons. The number of carbonyl (C=O) groups excluding carboxylic acids is 1. The summed E-state index contributed by atoms with van der Waals surface area (Å²) in [5, 5.41) is 9.72. The molecule has 214 valence electrons. The first-order chi connectivity index (χ1) is 18.0. The van der Waals surface area contributed by atoms with E-state index in [1.54, 1.807) is 51.2 Å². The molecule has 2 heterocycles. The number of benzene rings is 1. The Kier molecular flexibility index (Phi) is 9.13. The van der Waals surface area contributed by atoms with Crippen LogP contribution < -0.4 is 9.21 Å². The molecule has 1 saturated heterocycles. The highest BCUT2D eigenvalue weighted by Gasteiger charge is 2.43. The molecule has 0 aliphatic carbocycles. The van der Waals surface area contributed by atoms with Gasteiger partial charge < -0.3 is 9.84 Å². The van der Waals surface area contributed by atoms with Crippen LogP contribution in [0.15, 0.2) is 42.6 Å². The summed E-state index contributed by atoms with van der Waals surface area (Å²) in [5.74, 6) is 0.101. The Labute approximate surface area is 232 Å². The highest BCUT2D eigenvalue weighted by molar-refractivity contribution is 7.92. The van der Waals surface area contributed by atoms with Crippen LogP contribution in [-0.4, -0.2) is 81.2 Å². The zero-order valence-electron chi connectivity index (χ0n) is 23.8. The molecular weight excluding hydrogens is 536 g/mol. The van der Waals surface area contributed by atoms with Crippen molar-refractivity contribution >= 4 is 41.6 Å². The topological polar surface area (TPSA) is 120 Å². The second kappa shape index (κ2) is 11.6. The average molecular weight is 577 g/mol. The lowest BCUT2D eigenvalue weighted by molar-refractivity contribution is -0.122. The molecule has 2 aromatic rings. The molecule has 1 aromatic heterocycles. The number of para-hydroxylation sites is 1. The Bertz CT molecular complexity index is 1290. The third-order valence-corrected chi connectivity index (χ3v) is 9.34. The van der Waals surface area contributed by atoms with Crippen LogP contribution in [0.25, 0.3) is 11.1 Å². The number of aromatic nitrogens is 1. The van der Waals surface area contributed by atoms with Crippen molar-refractivity contribution in [3.8, 4) is 11.1 Å². The van der Waals surface area contributed by atoms with Gasteiger partial charge in [-0.25, -0.2) is 22.5 Å². The van der Waals surface area contributed by atoms with Gasteiger partial charge >= 0.3 is 6.09 Å². The molecule has 0 spiro atoms. The smallest absolute Gasteiger partial charge is 0.408 e. The first-order valence-corrected chi connectivity index (χ1v) is 18.5. The normalized spacial score (nSPS) is 16.4. The van der Waals surface area contributed by atoms with Crippen LogP contribution in [-0.2, 0) is 19.6 Å². The van der Waals surface area contributed by atoms with E-state index < -0.39 is 35.8 Å². The number of rotatable bonds is 10. The molecule has 1 aliphatic heterocycles. The van der Waals surface area contributed by atoms with Crippen LogP contribution in [0, 0.1) is 0 Å². The van der Waals surface area contributed by atoms with Gasteiger partial charge in [0, 0.05) is 44.1 Å². The lowest BCUT2D eigenvalue weighted by Gasteiger charge is -2.36. The van der Waals surface area contributed by atoms with Crippen LogP contribution in [0.3, 0.4) is 0 Å². The van der Waals surface area contributed by atoms with E-state index in [9.17, 15) is 23.1 Å². The van der Waals surface area contributed by atoms with Gasteiger partial charge in [0.1, 0.15) is 18.6 Å². The number of nitrogens with zero attached hydrogens (tertiary/aromatic N) is 4. The molecule has 39 heavy (non-hydrogen) atoms. The van der Waals surface area contributed by atoms with E-state index in [0.29, 0.717) is 42.2 Å². The maximum absolute atomic E-state index is 13.2. The monoisotopic (exact) mass is 576 g/mol. The zero-order chi connectivity index (χ0) is 29.2. The molecule has 1 atom stereocenters. The van der Waals surface area contributed by atoms with Gasteiger partial charge in [-0.15, -0.1) is 0 Å². The van der Waals surface area contributed by atoms with Crippen LogP contribution in [0.5, 0.6) is 0 Å². The Morgan fingerprint density at radius 2 is 1.85 bits per heavy atom. The second-order valence-electron chi connectivity index (χ2n) is 12.0. The third-order valence-electron chi connectivity index (χ3n) is 6.53.